The molecule has 26 heavy (non-hydrogen) atoms. The smallest absolute Gasteiger partial charge is 0.433 e. The van der Waals surface area contributed by atoms with Gasteiger partial charge in [0.1, 0.15) is 11.6 Å². The van der Waals surface area contributed by atoms with Gasteiger partial charge in [0.15, 0.2) is 5.69 Å². The molecule has 1 unspecified atom stereocenters. The van der Waals surface area contributed by atoms with Crippen LogP contribution in [-0.2, 0) is 6.18 Å². The maximum absolute atomic E-state index is 13.3. The minimum absolute atomic E-state index is 0.0182. The number of aromatic nitrogens is 2. The number of nitrogens with two attached hydrogens (primary N) is 1. The van der Waals surface area contributed by atoms with Gasteiger partial charge in [-0.2, -0.15) is 18.2 Å². The Morgan fingerprint density at radius 2 is 2.12 bits per heavy atom. The average molecular weight is 374 g/mol. The highest BCUT2D eigenvalue weighted by molar-refractivity contribution is 5.38. The van der Waals surface area contributed by atoms with E-state index in [1.165, 1.54) is 11.0 Å². The van der Waals surface area contributed by atoms with Gasteiger partial charge in [0, 0.05) is 31.7 Å². The molecule has 0 saturated carbocycles. The van der Waals surface area contributed by atoms with Crippen molar-refractivity contribution in [1.29, 1.82) is 0 Å². The number of ether oxygens (including phenoxy) is 1. The number of β-amino-alcohol motifs (C(OH)–C–C–N with tert-alkyl or cyclic N) is 1. The lowest BCUT2D eigenvalue weighted by atomic mass is 10.0. The number of aliphatic hydroxyl groups is 1. The molecule has 142 valence electrons. The molecular weight excluding hydrogens is 356 g/mol. The lowest BCUT2D eigenvalue weighted by Gasteiger charge is -2.22. The van der Waals surface area contributed by atoms with Crippen molar-refractivity contribution in [1.82, 2.24) is 9.97 Å². The second-order valence-corrected chi connectivity index (χ2v) is 6.33. The van der Waals surface area contributed by atoms with Crippen LogP contribution in [0.5, 0.6) is 5.88 Å². The fourth-order valence-electron chi connectivity index (χ4n) is 2.80. The molecule has 1 saturated heterocycles. The second kappa shape index (κ2) is 6.84. The van der Waals surface area contributed by atoms with E-state index in [0.29, 0.717) is 25.3 Å². The van der Waals surface area contributed by atoms with Crippen LogP contribution in [0.4, 0.5) is 23.5 Å². The Morgan fingerprint density at radius 3 is 2.73 bits per heavy atom. The molecule has 2 heterocycles. The zero-order chi connectivity index (χ0) is 18.9. The summed E-state index contributed by atoms with van der Waals surface area (Å²) in [4.78, 5) is 8.97. The maximum atomic E-state index is 13.3. The third-order valence-corrected chi connectivity index (χ3v) is 4.24. The summed E-state index contributed by atoms with van der Waals surface area (Å²) in [6.07, 6.45) is -1.20. The zero-order valence-corrected chi connectivity index (χ0v) is 13.8. The van der Waals surface area contributed by atoms with E-state index < -0.39 is 23.3 Å². The number of hydrogen-bond acceptors (Lipinski definition) is 6. The summed E-state index contributed by atoms with van der Waals surface area (Å²) >= 11 is 0. The second-order valence-electron chi connectivity index (χ2n) is 6.33. The van der Waals surface area contributed by atoms with Crippen molar-refractivity contribution < 1.29 is 27.4 Å². The summed E-state index contributed by atoms with van der Waals surface area (Å²) in [6, 6.07) is 0.672. The number of rotatable bonds is 4. The van der Waals surface area contributed by atoms with E-state index in [1.54, 1.807) is 0 Å². The zero-order valence-electron chi connectivity index (χ0n) is 13.8. The van der Waals surface area contributed by atoms with Crippen LogP contribution in [0.15, 0.2) is 29.8 Å². The largest absolute Gasteiger partial charge is 0.443 e. The first kappa shape index (κ1) is 18.6. The van der Waals surface area contributed by atoms with Crippen LogP contribution in [-0.4, -0.2) is 40.3 Å². The normalized spacial score (nSPS) is 23.7. The van der Waals surface area contributed by atoms with Gasteiger partial charge in [-0.05, 0) is 18.9 Å². The molecular formula is C16H18F4N4O2. The number of allylic oxidation sites excluding steroid dienone is 4. The van der Waals surface area contributed by atoms with Crippen molar-refractivity contribution >= 4 is 5.95 Å². The third kappa shape index (κ3) is 4.13. The van der Waals surface area contributed by atoms with Crippen LogP contribution in [0.25, 0.3) is 0 Å². The van der Waals surface area contributed by atoms with Crippen molar-refractivity contribution in [2.75, 3.05) is 24.5 Å². The van der Waals surface area contributed by atoms with Crippen LogP contribution in [0.3, 0.4) is 0 Å². The predicted octanol–water partition coefficient (Wildman–Crippen LogP) is 2.31. The maximum Gasteiger partial charge on any atom is 0.433 e. The SMILES string of the molecule is NCC1(O)CCN(c2nc(OC3=CC(F)=CCC3)cc(C(F)(F)F)n2)C1. The fraction of sp³-hybridized carbons (Fsp3) is 0.500. The van der Waals surface area contributed by atoms with Crippen molar-refractivity contribution in [2.24, 2.45) is 5.73 Å². The van der Waals surface area contributed by atoms with Crippen molar-refractivity contribution in [3.8, 4) is 5.88 Å². The summed E-state index contributed by atoms with van der Waals surface area (Å²) in [5, 5.41) is 10.2. The van der Waals surface area contributed by atoms with Gasteiger partial charge < -0.3 is 20.5 Å². The molecule has 1 fully saturated rings. The summed E-state index contributed by atoms with van der Waals surface area (Å²) < 4.78 is 58.2. The molecule has 1 atom stereocenters. The number of halogens is 4. The van der Waals surface area contributed by atoms with Gasteiger partial charge in [0.2, 0.25) is 11.8 Å². The summed E-state index contributed by atoms with van der Waals surface area (Å²) in [5.41, 5.74) is 3.13. The monoisotopic (exact) mass is 374 g/mol. The van der Waals surface area contributed by atoms with Gasteiger partial charge in [0.25, 0.3) is 0 Å². The predicted molar refractivity (Wildman–Crippen MR) is 85.0 cm³/mol. The molecule has 0 radical (unpaired) electrons. The Kier molecular flexibility index (Phi) is 4.89. The molecule has 0 amide bonds. The quantitative estimate of drug-likeness (QED) is 0.787. The minimum Gasteiger partial charge on any atom is -0.443 e. The third-order valence-electron chi connectivity index (χ3n) is 4.24. The number of anilines is 1. The van der Waals surface area contributed by atoms with Crippen LogP contribution in [0.2, 0.25) is 0 Å². The molecule has 1 aromatic heterocycles. The van der Waals surface area contributed by atoms with E-state index in [1.807, 2.05) is 0 Å². The van der Waals surface area contributed by atoms with Gasteiger partial charge in [-0.1, -0.05) is 0 Å². The first-order valence-electron chi connectivity index (χ1n) is 8.06. The van der Waals surface area contributed by atoms with Crippen molar-refractivity contribution in [3.05, 3.63) is 35.5 Å². The molecule has 1 aliphatic heterocycles. The van der Waals surface area contributed by atoms with Gasteiger partial charge in [-0.25, -0.2) is 9.37 Å². The highest BCUT2D eigenvalue weighted by Gasteiger charge is 2.38. The van der Waals surface area contributed by atoms with E-state index in [2.05, 4.69) is 9.97 Å². The molecule has 0 bridgehead atoms. The minimum atomic E-state index is -4.70. The first-order valence-corrected chi connectivity index (χ1v) is 8.06. The Hall–Kier alpha value is -2.20. The summed E-state index contributed by atoms with van der Waals surface area (Å²) in [5.74, 6) is -0.870. The molecule has 0 spiro atoms. The Balaban J connectivity index is 1.91. The lowest BCUT2D eigenvalue weighted by molar-refractivity contribution is -0.141. The van der Waals surface area contributed by atoms with Crippen LogP contribution >= 0.6 is 0 Å². The van der Waals surface area contributed by atoms with Gasteiger partial charge in [-0.15, -0.1) is 0 Å². The average Bonchev–Trinajstić information content (AvgIpc) is 2.97. The van der Waals surface area contributed by atoms with Crippen molar-refractivity contribution in [3.63, 3.8) is 0 Å². The Bertz CT molecular complexity index is 750. The topological polar surface area (TPSA) is 84.5 Å². The molecule has 1 aliphatic carbocycles. The van der Waals surface area contributed by atoms with E-state index in [9.17, 15) is 22.7 Å². The number of alkyl halides is 3. The number of nitrogens with zero attached hydrogens (tertiary/aromatic N) is 3. The Morgan fingerprint density at radius 1 is 1.35 bits per heavy atom. The summed E-state index contributed by atoms with van der Waals surface area (Å²) in [6.45, 7) is 0.253. The molecule has 1 aromatic rings. The number of hydrogen-bond donors (Lipinski definition) is 2. The highest BCUT2D eigenvalue weighted by Crippen LogP contribution is 2.33. The highest BCUT2D eigenvalue weighted by atomic mass is 19.4. The molecule has 0 aromatic carbocycles. The van der Waals surface area contributed by atoms with Crippen LogP contribution in [0.1, 0.15) is 25.0 Å². The van der Waals surface area contributed by atoms with Crippen LogP contribution in [0, 0.1) is 0 Å². The Labute approximate surface area is 147 Å². The van der Waals surface area contributed by atoms with Crippen LogP contribution < -0.4 is 15.4 Å². The molecule has 3 rings (SSSR count). The van der Waals surface area contributed by atoms with Gasteiger partial charge in [0.05, 0.1) is 12.1 Å². The first-order chi connectivity index (χ1) is 12.2. The van der Waals surface area contributed by atoms with Crippen molar-refractivity contribution in [2.45, 2.75) is 31.0 Å². The van der Waals surface area contributed by atoms with E-state index in [0.717, 1.165) is 6.08 Å². The summed E-state index contributed by atoms with van der Waals surface area (Å²) in [7, 11) is 0. The fourth-order valence-corrected chi connectivity index (χ4v) is 2.80. The molecule has 10 heteroatoms. The van der Waals surface area contributed by atoms with Gasteiger partial charge in [-0.3, -0.25) is 0 Å². The molecule has 2 aliphatic rings. The lowest BCUT2D eigenvalue weighted by Crippen LogP contribution is -2.40. The van der Waals surface area contributed by atoms with E-state index >= 15 is 0 Å². The standard InChI is InChI=1S/C16H18F4N4O2/c17-10-2-1-3-11(6-10)26-13-7-12(16(18,19)20)22-14(23-13)24-5-4-15(25,8-21)9-24/h2,6-7,25H,1,3-5,8-9,21H2. The molecule has 3 N–H and O–H groups in total. The van der Waals surface area contributed by atoms with Gasteiger partial charge >= 0.3 is 6.18 Å². The van der Waals surface area contributed by atoms with E-state index in [4.69, 9.17) is 10.5 Å². The van der Waals surface area contributed by atoms with E-state index in [-0.39, 0.29) is 37.2 Å². The molecule has 6 nitrogen and oxygen atoms in total.